The van der Waals surface area contributed by atoms with Gasteiger partial charge in [-0.05, 0) is 18.2 Å². The zero-order valence-electron chi connectivity index (χ0n) is 19.2. The highest BCUT2D eigenvalue weighted by Crippen LogP contribution is 2.58. The minimum absolute atomic E-state index is 0.679. The van der Waals surface area contributed by atoms with Gasteiger partial charge >= 0.3 is 0 Å². The Kier molecular flexibility index (Phi) is 7.97. The molecule has 0 amide bonds. The SMILES string of the molecule is CC(C)(C)P(C#C[B-](Cl)(c1c(F)c(F)c(F)c(F)c1F)c1c(F)c(F)c(F)c(F)c1F)C(C)(C)C. The van der Waals surface area contributed by atoms with Gasteiger partial charge in [0.05, 0.1) is 0 Å². The van der Waals surface area contributed by atoms with Gasteiger partial charge < -0.3 is 11.5 Å². The Labute approximate surface area is 201 Å². The van der Waals surface area contributed by atoms with Crippen LogP contribution in [0.5, 0.6) is 0 Å². The van der Waals surface area contributed by atoms with E-state index in [2.05, 4.69) is 5.66 Å². The van der Waals surface area contributed by atoms with Gasteiger partial charge in [-0.25, -0.2) is 43.9 Å². The second kappa shape index (κ2) is 9.51. The lowest BCUT2D eigenvalue weighted by Gasteiger charge is -2.39. The highest BCUT2D eigenvalue weighted by molar-refractivity contribution is 7.66. The normalized spacial score (nSPS) is 12.7. The maximum absolute atomic E-state index is 14.8. The zero-order chi connectivity index (χ0) is 27.4. The summed E-state index contributed by atoms with van der Waals surface area (Å²) < 4.78 is 142. The van der Waals surface area contributed by atoms with E-state index >= 15 is 0 Å². The maximum atomic E-state index is 14.8. The van der Waals surface area contributed by atoms with Gasteiger partial charge in [0, 0.05) is 0 Å². The molecule has 0 unspecified atom stereocenters. The lowest BCUT2D eigenvalue weighted by Crippen LogP contribution is -2.59. The molecule has 0 aromatic heterocycles. The second-order valence-corrected chi connectivity index (χ2v) is 13.9. The van der Waals surface area contributed by atoms with E-state index in [-0.39, 0.29) is 0 Å². The van der Waals surface area contributed by atoms with Crippen LogP contribution >= 0.6 is 19.4 Å². The first-order valence-corrected chi connectivity index (χ1v) is 11.7. The minimum atomic E-state index is -4.62. The molecule has 2 aromatic carbocycles. The van der Waals surface area contributed by atoms with Crippen molar-refractivity contribution >= 4 is 35.9 Å². The molecule has 13 heteroatoms. The summed E-state index contributed by atoms with van der Waals surface area (Å²) in [5.41, 5.74) is -6.13. The molecular formula is C22H18BClF10P-. The summed E-state index contributed by atoms with van der Waals surface area (Å²) in [7, 11) is -1.61. The molecule has 0 spiro atoms. The predicted octanol–water partition coefficient (Wildman–Crippen LogP) is 6.96. The van der Waals surface area contributed by atoms with Crippen molar-refractivity contribution in [1.82, 2.24) is 0 Å². The van der Waals surface area contributed by atoms with E-state index < -0.39 is 92.9 Å². The largest absolute Gasteiger partial charge is 0.359 e. The van der Waals surface area contributed by atoms with E-state index in [0.29, 0.717) is 0 Å². The van der Waals surface area contributed by atoms with Gasteiger partial charge in [0.2, 0.25) is 5.56 Å². The highest BCUT2D eigenvalue weighted by Gasteiger charge is 2.42. The van der Waals surface area contributed by atoms with Crippen molar-refractivity contribution in [3.05, 3.63) is 58.2 Å². The Balaban J connectivity index is 3.18. The minimum Gasteiger partial charge on any atom is -0.359 e. The molecule has 0 bridgehead atoms. The van der Waals surface area contributed by atoms with Gasteiger partial charge in [0.25, 0.3) is 0 Å². The van der Waals surface area contributed by atoms with Crippen LogP contribution in [0.1, 0.15) is 41.5 Å². The van der Waals surface area contributed by atoms with Crippen molar-refractivity contribution < 1.29 is 43.9 Å². The van der Waals surface area contributed by atoms with Crippen LogP contribution in [0.2, 0.25) is 0 Å². The molecular weight excluding hydrogens is 531 g/mol. The molecule has 0 aliphatic heterocycles. The molecule has 0 N–H and O–H groups in total. The number of rotatable bonds is 2. The van der Waals surface area contributed by atoms with Crippen LogP contribution < -0.4 is 10.9 Å². The first kappa shape index (κ1) is 29.3. The molecule has 0 saturated carbocycles. The van der Waals surface area contributed by atoms with E-state index in [9.17, 15) is 43.9 Å². The molecule has 0 fully saturated rings. The molecule has 2 rings (SSSR count). The van der Waals surface area contributed by atoms with Crippen LogP contribution in [0.15, 0.2) is 0 Å². The standard InChI is InChI=1S/C22H18BClF10P/c1-21(2,3)35(22(4,5)6)8-7-23(24,9-11(25)15(29)19(33)16(30)12(9)26)10-13(27)17(31)20(34)18(32)14(10)28/h1-6H3/q-1. The fourth-order valence-electron chi connectivity index (χ4n) is 3.73. The van der Waals surface area contributed by atoms with Crippen molar-refractivity contribution in [2.75, 3.05) is 0 Å². The summed E-state index contributed by atoms with van der Waals surface area (Å²) in [5.74, 6) is -23.9. The van der Waals surface area contributed by atoms with E-state index in [0.717, 1.165) is 0 Å². The summed E-state index contributed by atoms with van der Waals surface area (Å²) >= 11 is 6.18. The van der Waals surface area contributed by atoms with E-state index in [4.69, 9.17) is 11.5 Å². The number of halogens is 11. The fraction of sp³-hybridized carbons (Fsp3) is 0.364. The number of benzene rings is 2. The Hall–Kier alpha value is -1.92. The third-order valence-corrected chi connectivity index (χ3v) is 8.58. The lowest BCUT2D eigenvalue weighted by atomic mass is 9.38. The second-order valence-electron chi connectivity index (χ2n) is 9.66. The van der Waals surface area contributed by atoms with Crippen LogP contribution in [-0.2, 0) is 0 Å². The maximum Gasteiger partial charge on any atom is 0.216 e. The first-order chi connectivity index (χ1) is 15.7. The third kappa shape index (κ3) is 5.02. The predicted molar refractivity (Wildman–Crippen MR) is 118 cm³/mol. The van der Waals surface area contributed by atoms with Gasteiger partial charge in [-0.15, -0.1) is 5.66 Å². The van der Waals surface area contributed by atoms with Gasteiger partial charge in [-0.1, -0.05) is 52.5 Å². The van der Waals surface area contributed by atoms with Crippen LogP contribution in [0.25, 0.3) is 0 Å². The average molecular weight is 550 g/mol. The summed E-state index contributed by atoms with van der Waals surface area (Å²) in [5, 5.41) is -1.36. The van der Waals surface area contributed by atoms with Gasteiger partial charge in [-0.3, -0.25) is 5.82 Å². The van der Waals surface area contributed by atoms with Crippen LogP contribution in [-0.4, -0.2) is 15.9 Å². The Morgan fingerprint density at radius 3 is 0.971 bits per heavy atom. The van der Waals surface area contributed by atoms with E-state index in [1.54, 1.807) is 41.5 Å². The van der Waals surface area contributed by atoms with Gasteiger partial charge in [-0.2, -0.15) is 0 Å². The molecule has 192 valence electrons. The monoisotopic (exact) mass is 549 g/mol. The summed E-state index contributed by atoms with van der Waals surface area (Å²) in [4.78, 5) is 0. The molecule has 35 heavy (non-hydrogen) atoms. The molecule has 0 heterocycles. The van der Waals surface area contributed by atoms with E-state index in [1.165, 1.54) is 0 Å². The Morgan fingerprint density at radius 1 is 0.514 bits per heavy atom. The molecule has 0 saturated heterocycles. The molecule has 0 radical (unpaired) electrons. The molecule has 2 aromatic rings. The summed E-state index contributed by atoms with van der Waals surface area (Å²) in [6, 6.07) is 0. The van der Waals surface area contributed by atoms with Crippen molar-refractivity contribution in [1.29, 1.82) is 0 Å². The van der Waals surface area contributed by atoms with Crippen molar-refractivity contribution in [2.45, 2.75) is 51.9 Å². The first-order valence-electron chi connectivity index (χ1n) is 9.89. The molecule has 0 aliphatic rings. The quantitative estimate of drug-likeness (QED) is 0.0950. The summed E-state index contributed by atoms with van der Waals surface area (Å²) in [6.07, 6.45) is 0. The number of hydrogen-bond acceptors (Lipinski definition) is 0. The van der Waals surface area contributed by atoms with Crippen molar-refractivity contribution in [2.24, 2.45) is 0 Å². The third-order valence-electron chi connectivity index (χ3n) is 5.00. The number of hydrogen-bond donors (Lipinski definition) is 0. The topological polar surface area (TPSA) is 0 Å². The van der Waals surface area contributed by atoms with Gasteiger partial charge in [0.1, 0.15) is 23.3 Å². The van der Waals surface area contributed by atoms with Crippen molar-refractivity contribution in [3.8, 4) is 11.5 Å². The van der Waals surface area contributed by atoms with Gasteiger partial charge in [0.15, 0.2) is 34.9 Å². The fourth-order valence-corrected chi connectivity index (χ4v) is 7.25. The molecule has 0 aliphatic carbocycles. The van der Waals surface area contributed by atoms with E-state index in [1.807, 2.05) is 5.82 Å². The van der Waals surface area contributed by atoms with Crippen LogP contribution in [0, 0.1) is 69.7 Å². The molecule has 0 nitrogen and oxygen atoms in total. The Bertz CT molecular complexity index is 1110. The average Bonchev–Trinajstić information content (AvgIpc) is 2.71. The van der Waals surface area contributed by atoms with Crippen LogP contribution in [0.3, 0.4) is 0 Å². The smallest absolute Gasteiger partial charge is 0.216 e. The Morgan fingerprint density at radius 2 is 0.743 bits per heavy atom. The zero-order valence-corrected chi connectivity index (χ0v) is 20.8. The van der Waals surface area contributed by atoms with Crippen LogP contribution in [0.4, 0.5) is 43.9 Å². The van der Waals surface area contributed by atoms with Crippen molar-refractivity contribution in [3.63, 3.8) is 0 Å². The summed E-state index contributed by atoms with van der Waals surface area (Å²) in [6.45, 7) is 10.2. The molecule has 0 atom stereocenters. The highest BCUT2D eigenvalue weighted by atomic mass is 35.5. The lowest BCUT2D eigenvalue weighted by molar-refractivity contribution is 0.382.